The fourth-order valence-electron chi connectivity index (χ4n) is 2.92. The summed E-state index contributed by atoms with van der Waals surface area (Å²) >= 11 is 1.43. The number of thiazole rings is 1. The van der Waals surface area contributed by atoms with Gasteiger partial charge in [0, 0.05) is 11.6 Å². The summed E-state index contributed by atoms with van der Waals surface area (Å²) in [7, 11) is -3.50. The van der Waals surface area contributed by atoms with Crippen molar-refractivity contribution in [1.82, 2.24) is 9.97 Å². The summed E-state index contributed by atoms with van der Waals surface area (Å²) in [4.78, 5) is 21.4. The number of hydrogen-bond donors (Lipinski definition) is 0. The van der Waals surface area contributed by atoms with Gasteiger partial charge in [0.2, 0.25) is 0 Å². The molecule has 0 aliphatic carbocycles. The van der Waals surface area contributed by atoms with Crippen LogP contribution in [0.1, 0.15) is 21.6 Å². The van der Waals surface area contributed by atoms with Gasteiger partial charge in [-0.25, -0.2) is 18.2 Å². The van der Waals surface area contributed by atoms with E-state index < -0.39 is 15.8 Å². The summed E-state index contributed by atoms with van der Waals surface area (Å²) in [5.41, 5.74) is 2.20. The number of hydrogen-bond acceptors (Lipinski definition) is 7. The van der Waals surface area contributed by atoms with Crippen molar-refractivity contribution in [2.45, 2.75) is 17.3 Å². The molecule has 0 N–H and O–H groups in total. The van der Waals surface area contributed by atoms with Crippen LogP contribution in [0.3, 0.4) is 0 Å². The van der Waals surface area contributed by atoms with E-state index in [4.69, 9.17) is 4.74 Å². The highest BCUT2D eigenvalue weighted by Gasteiger charge is 2.17. The monoisotopic (exact) mass is 450 g/mol. The molecule has 0 atom stereocenters. The third kappa shape index (κ3) is 5.22. The Balaban J connectivity index is 1.41. The number of carbonyl (C=O) groups excluding carboxylic acids is 1. The van der Waals surface area contributed by atoms with E-state index in [2.05, 4.69) is 9.97 Å². The number of ether oxygens (including phenoxy) is 1. The van der Waals surface area contributed by atoms with E-state index >= 15 is 0 Å². The molecular weight excluding hydrogens is 432 g/mol. The molecule has 0 bridgehead atoms. The van der Waals surface area contributed by atoms with Crippen LogP contribution < -0.4 is 0 Å². The molecule has 156 valence electrons. The lowest BCUT2D eigenvalue weighted by Crippen LogP contribution is -2.08. The van der Waals surface area contributed by atoms with Crippen LogP contribution in [0.15, 0.2) is 89.3 Å². The molecule has 0 spiro atoms. The Morgan fingerprint density at radius 3 is 2.55 bits per heavy atom. The molecular formula is C23H18N2O4S2. The molecule has 31 heavy (non-hydrogen) atoms. The zero-order valence-electron chi connectivity index (χ0n) is 16.3. The largest absolute Gasteiger partial charge is 0.456 e. The second kappa shape index (κ2) is 9.20. The lowest BCUT2D eigenvalue weighted by Gasteiger charge is -2.07. The highest BCUT2D eigenvalue weighted by atomic mass is 32.2. The van der Waals surface area contributed by atoms with Gasteiger partial charge in [0.15, 0.2) is 9.84 Å². The number of sulfone groups is 1. The average molecular weight is 451 g/mol. The van der Waals surface area contributed by atoms with Crippen LogP contribution in [0.4, 0.5) is 0 Å². The fourth-order valence-corrected chi connectivity index (χ4v) is 5.06. The van der Waals surface area contributed by atoms with Crippen molar-refractivity contribution in [2.24, 2.45) is 0 Å². The van der Waals surface area contributed by atoms with Gasteiger partial charge < -0.3 is 4.74 Å². The van der Waals surface area contributed by atoms with Gasteiger partial charge in [-0.15, -0.1) is 11.3 Å². The summed E-state index contributed by atoms with van der Waals surface area (Å²) < 4.78 is 30.5. The maximum atomic E-state index is 12.6. The zero-order chi connectivity index (χ0) is 21.7. The third-order valence-corrected chi connectivity index (χ3v) is 7.03. The topological polar surface area (TPSA) is 86.2 Å². The molecule has 0 aliphatic heterocycles. The first kappa shape index (κ1) is 20.9. The second-order valence-corrected chi connectivity index (χ2v) is 9.56. The summed E-state index contributed by atoms with van der Waals surface area (Å²) in [6, 6.07) is 20.3. The first-order valence-electron chi connectivity index (χ1n) is 9.41. The molecule has 2 aromatic carbocycles. The lowest BCUT2D eigenvalue weighted by atomic mass is 10.1. The van der Waals surface area contributed by atoms with Gasteiger partial charge in [0.25, 0.3) is 0 Å². The molecule has 0 aliphatic rings. The highest BCUT2D eigenvalue weighted by Crippen LogP contribution is 2.22. The Morgan fingerprint density at radius 2 is 1.77 bits per heavy atom. The Bertz CT molecular complexity index is 1290. The first-order valence-corrected chi connectivity index (χ1v) is 11.9. The maximum absolute atomic E-state index is 12.6. The van der Waals surface area contributed by atoms with E-state index in [1.807, 2.05) is 23.6 Å². The standard InChI is InChI=1S/C23H18N2O4S2/c26-23(29-14-19-15-30-22(25-19)21-11-4-5-12-24-21)18-8-6-7-17(13-18)16-31(27,28)20-9-2-1-3-10-20/h1-13,15H,14,16H2. The van der Waals surface area contributed by atoms with Crippen molar-refractivity contribution < 1.29 is 17.9 Å². The third-order valence-electron chi connectivity index (χ3n) is 4.41. The average Bonchev–Trinajstić information content (AvgIpc) is 3.28. The van der Waals surface area contributed by atoms with Crippen molar-refractivity contribution in [3.63, 3.8) is 0 Å². The van der Waals surface area contributed by atoms with Gasteiger partial charge in [-0.3, -0.25) is 4.98 Å². The number of esters is 1. The molecule has 4 aromatic rings. The molecule has 2 heterocycles. The molecule has 0 unspecified atom stereocenters. The Labute approximate surface area is 184 Å². The first-order chi connectivity index (χ1) is 15.0. The zero-order valence-corrected chi connectivity index (χ0v) is 18.0. The molecule has 6 nitrogen and oxygen atoms in total. The van der Waals surface area contributed by atoms with E-state index in [9.17, 15) is 13.2 Å². The highest BCUT2D eigenvalue weighted by molar-refractivity contribution is 7.90. The fraction of sp³-hybridized carbons (Fsp3) is 0.0870. The molecule has 0 amide bonds. The summed E-state index contributed by atoms with van der Waals surface area (Å²) in [5, 5.41) is 2.57. The second-order valence-electron chi connectivity index (χ2n) is 6.71. The van der Waals surface area contributed by atoms with Crippen molar-refractivity contribution in [3.8, 4) is 10.7 Å². The van der Waals surface area contributed by atoms with Gasteiger partial charge in [-0.05, 0) is 42.0 Å². The van der Waals surface area contributed by atoms with Gasteiger partial charge in [0.05, 0.1) is 27.6 Å². The van der Waals surface area contributed by atoms with Gasteiger partial charge in [-0.1, -0.05) is 36.4 Å². The quantitative estimate of drug-likeness (QED) is 0.384. The molecule has 8 heteroatoms. The predicted octanol–water partition coefficient (Wildman–Crippen LogP) is 4.54. The van der Waals surface area contributed by atoms with E-state index in [1.54, 1.807) is 60.8 Å². The van der Waals surface area contributed by atoms with E-state index in [1.165, 1.54) is 11.3 Å². The Kier molecular flexibility index (Phi) is 6.20. The summed E-state index contributed by atoms with van der Waals surface area (Å²) in [5.74, 6) is -0.733. The van der Waals surface area contributed by atoms with Crippen molar-refractivity contribution in [2.75, 3.05) is 0 Å². The maximum Gasteiger partial charge on any atom is 0.338 e. The summed E-state index contributed by atoms with van der Waals surface area (Å²) in [6.07, 6.45) is 1.70. The van der Waals surface area contributed by atoms with E-state index in [0.717, 1.165) is 10.7 Å². The van der Waals surface area contributed by atoms with Crippen LogP contribution in [0.25, 0.3) is 10.7 Å². The lowest BCUT2D eigenvalue weighted by molar-refractivity contribution is 0.0468. The minimum Gasteiger partial charge on any atom is -0.456 e. The predicted molar refractivity (Wildman–Crippen MR) is 118 cm³/mol. The number of benzene rings is 2. The van der Waals surface area contributed by atoms with Crippen molar-refractivity contribution in [3.05, 3.63) is 101 Å². The SMILES string of the molecule is O=C(OCc1csc(-c2ccccn2)n1)c1cccc(CS(=O)(=O)c2ccccc2)c1. The van der Waals surface area contributed by atoms with Crippen LogP contribution >= 0.6 is 11.3 Å². The Morgan fingerprint density at radius 1 is 0.968 bits per heavy atom. The van der Waals surface area contributed by atoms with Crippen molar-refractivity contribution >= 4 is 27.1 Å². The summed E-state index contributed by atoms with van der Waals surface area (Å²) in [6.45, 7) is 0.0225. The van der Waals surface area contributed by atoms with Gasteiger partial charge in [0.1, 0.15) is 11.6 Å². The van der Waals surface area contributed by atoms with Crippen LogP contribution in [-0.4, -0.2) is 24.4 Å². The van der Waals surface area contributed by atoms with Crippen LogP contribution in [0.2, 0.25) is 0 Å². The molecule has 0 saturated carbocycles. The number of nitrogens with zero attached hydrogens (tertiary/aromatic N) is 2. The number of carbonyl (C=O) groups is 1. The number of rotatable bonds is 7. The molecule has 0 saturated heterocycles. The number of aromatic nitrogens is 2. The van der Waals surface area contributed by atoms with E-state index in [0.29, 0.717) is 16.8 Å². The van der Waals surface area contributed by atoms with Crippen molar-refractivity contribution in [1.29, 1.82) is 0 Å². The minimum atomic E-state index is -3.50. The van der Waals surface area contributed by atoms with Gasteiger partial charge in [-0.2, -0.15) is 0 Å². The molecule has 2 aromatic heterocycles. The minimum absolute atomic E-state index is 0.0225. The Hall–Kier alpha value is -3.36. The molecule has 0 fully saturated rings. The van der Waals surface area contributed by atoms with Gasteiger partial charge >= 0.3 is 5.97 Å². The van der Waals surface area contributed by atoms with Crippen LogP contribution in [0.5, 0.6) is 0 Å². The molecule has 0 radical (unpaired) electrons. The smallest absolute Gasteiger partial charge is 0.338 e. The van der Waals surface area contributed by atoms with Crippen LogP contribution in [0, 0.1) is 0 Å². The van der Waals surface area contributed by atoms with Crippen LogP contribution in [-0.2, 0) is 26.9 Å². The normalized spacial score (nSPS) is 11.2. The molecule has 4 rings (SSSR count). The van der Waals surface area contributed by atoms with E-state index in [-0.39, 0.29) is 17.3 Å². The number of pyridine rings is 1.